The molecule has 2 unspecified atom stereocenters. The van der Waals surface area contributed by atoms with E-state index in [0.717, 1.165) is 31.9 Å². The molecule has 5 heteroatoms. The Bertz CT molecular complexity index is 416. The molecule has 2 atom stereocenters. The lowest BCUT2D eigenvalue weighted by Gasteiger charge is -2.17. The van der Waals surface area contributed by atoms with Gasteiger partial charge < -0.3 is 19.5 Å². The molecule has 1 heterocycles. The lowest BCUT2D eigenvalue weighted by Crippen LogP contribution is -2.27. The van der Waals surface area contributed by atoms with E-state index in [-0.39, 0.29) is 12.2 Å². The Labute approximate surface area is 127 Å². The molecule has 118 valence electrons. The lowest BCUT2D eigenvalue weighted by atomic mass is 10.2. The number of benzene rings is 1. The van der Waals surface area contributed by atoms with E-state index < -0.39 is 0 Å². The minimum atomic E-state index is 0.159. The van der Waals surface area contributed by atoms with Crippen molar-refractivity contribution in [3.05, 3.63) is 29.8 Å². The molecule has 0 aromatic heterocycles. The first kappa shape index (κ1) is 16.2. The molecule has 1 aliphatic heterocycles. The highest BCUT2D eigenvalue weighted by Gasteiger charge is 2.32. The molecule has 0 amide bonds. The highest BCUT2D eigenvalue weighted by Crippen LogP contribution is 2.19. The summed E-state index contributed by atoms with van der Waals surface area (Å²) in [5.41, 5.74) is 1.19. The molecular weight excluding hydrogens is 268 g/mol. The maximum atomic E-state index is 5.93. The molecule has 1 fully saturated rings. The van der Waals surface area contributed by atoms with Crippen LogP contribution in [0.25, 0.3) is 0 Å². The van der Waals surface area contributed by atoms with Crippen LogP contribution in [-0.2, 0) is 16.0 Å². The summed E-state index contributed by atoms with van der Waals surface area (Å²) < 4.78 is 16.8. The standard InChI is InChI=1S/C16H26N2O3/c1-17-10-13-6-4-5-7-14(13)21-9-8-18-11-15(19-2)16(12-18)20-3/h4-7,15-17H,8-12H2,1-3H3. The third-order valence-corrected chi connectivity index (χ3v) is 3.90. The van der Waals surface area contributed by atoms with Gasteiger partial charge in [-0.15, -0.1) is 0 Å². The molecule has 1 N–H and O–H groups in total. The Morgan fingerprint density at radius 3 is 2.43 bits per heavy atom. The number of para-hydroxylation sites is 1. The van der Waals surface area contributed by atoms with Crippen molar-refractivity contribution in [3.63, 3.8) is 0 Å². The molecule has 0 aliphatic carbocycles. The van der Waals surface area contributed by atoms with Gasteiger partial charge in [0.25, 0.3) is 0 Å². The number of hydrogen-bond acceptors (Lipinski definition) is 5. The highest BCUT2D eigenvalue weighted by atomic mass is 16.5. The molecule has 1 aromatic rings. The van der Waals surface area contributed by atoms with E-state index in [1.165, 1.54) is 5.56 Å². The fourth-order valence-corrected chi connectivity index (χ4v) is 2.72. The number of nitrogens with zero attached hydrogens (tertiary/aromatic N) is 1. The predicted octanol–water partition coefficient (Wildman–Crippen LogP) is 1.13. The van der Waals surface area contributed by atoms with Crippen molar-refractivity contribution in [1.29, 1.82) is 0 Å². The summed E-state index contributed by atoms with van der Waals surface area (Å²) in [5, 5.41) is 3.16. The first-order valence-corrected chi connectivity index (χ1v) is 7.41. The van der Waals surface area contributed by atoms with Gasteiger partial charge in [0.1, 0.15) is 12.4 Å². The van der Waals surface area contributed by atoms with Crippen LogP contribution in [0.5, 0.6) is 5.75 Å². The van der Waals surface area contributed by atoms with Crippen molar-refractivity contribution in [2.45, 2.75) is 18.8 Å². The fourth-order valence-electron chi connectivity index (χ4n) is 2.72. The van der Waals surface area contributed by atoms with Crippen LogP contribution in [0.4, 0.5) is 0 Å². The maximum absolute atomic E-state index is 5.93. The normalized spacial score (nSPS) is 22.6. The van der Waals surface area contributed by atoms with E-state index in [2.05, 4.69) is 16.3 Å². The van der Waals surface area contributed by atoms with Crippen LogP contribution in [0.3, 0.4) is 0 Å². The molecule has 5 nitrogen and oxygen atoms in total. The van der Waals surface area contributed by atoms with Crippen molar-refractivity contribution < 1.29 is 14.2 Å². The third-order valence-electron chi connectivity index (χ3n) is 3.90. The molecule has 1 saturated heterocycles. The van der Waals surface area contributed by atoms with Crippen molar-refractivity contribution in [2.75, 3.05) is 47.5 Å². The van der Waals surface area contributed by atoms with Gasteiger partial charge in [0, 0.05) is 46.0 Å². The number of ether oxygens (including phenoxy) is 3. The summed E-state index contributed by atoms with van der Waals surface area (Å²) in [6, 6.07) is 8.15. The van der Waals surface area contributed by atoms with Crippen LogP contribution in [-0.4, -0.2) is 64.6 Å². The van der Waals surface area contributed by atoms with Crippen LogP contribution in [0.2, 0.25) is 0 Å². The molecule has 0 spiro atoms. The van der Waals surface area contributed by atoms with Crippen molar-refractivity contribution >= 4 is 0 Å². The second-order valence-corrected chi connectivity index (χ2v) is 5.29. The van der Waals surface area contributed by atoms with E-state index in [1.54, 1.807) is 14.2 Å². The fraction of sp³-hybridized carbons (Fsp3) is 0.625. The molecule has 0 bridgehead atoms. The topological polar surface area (TPSA) is 43.0 Å². The van der Waals surface area contributed by atoms with Crippen LogP contribution < -0.4 is 10.1 Å². The first-order valence-electron chi connectivity index (χ1n) is 7.41. The molecular formula is C16H26N2O3. The van der Waals surface area contributed by atoms with Gasteiger partial charge in [0.15, 0.2) is 0 Å². The molecule has 2 rings (SSSR count). The van der Waals surface area contributed by atoms with Gasteiger partial charge in [-0.2, -0.15) is 0 Å². The number of methoxy groups -OCH3 is 2. The van der Waals surface area contributed by atoms with Crippen LogP contribution in [0.1, 0.15) is 5.56 Å². The zero-order valence-electron chi connectivity index (χ0n) is 13.2. The zero-order chi connectivity index (χ0) is 15.1. The van der Waals surface area contributed by atoms with Crippen molar-refractivity contribution in [1.82, 2.24) is 10.2 Å². The Balaban J connectivity index is 1.80. The Kier molecular flexibility index (Phi) is 6.45. The summed E-state index contributed by atoms with van der Waals surface area (Å²) in [7, 11) is 5.42. The van der Waals surface area contributed by atoms with Gasteiger partial charge in [0.05, 0.1) is 12.2 Å². The first-order chi connectivity index (χ1) is 10.3. The monoisotopic (exact) mass is 294 g/mol. The summed E-state index contributed by atoms with van der Waals surface area (Å²) >= 11 is 0. The van der Waals surface area contributed by atoms with Gasteiger partial charge >= 0.3 is 0 Å². The van der Waals surface area contributed by atoms with Crippen LogP contribution in [0, 0.1) is 0 Å². The van der Waals surface area contributed by atoms with Crippen molar-refractivity contribution in [3.8, 4) is 5.75 Å². The minimum absolute atomic E-state index is 0.159. The smallest absolute Gasteiger partial charge is 0.123 e. The molecule has 0 saturated carbocycles. The molecule has 1 aliphatic rings. The van der Waals surface area contributed by atoms with Crippen molar-refractivity contribution in [2.24, 2.45) is 0 Å². The van der Waals surface area contributed by atoms with E-state index in [9.17, 15) is 0 Å². The van der Waals surface area contributed by atoms with Gasteiger partial charge in [-0.25, -0.2) is 0 Å². The van der Waals surface area contributed by atoms with Crippen LogP contribution in [0.15, 0.2) is 24.3 Å². The SMILES string of the molecule is CNCc1ccccc1OCCN1CC(OC)C(OC)C1. The Hall–Kier alpha value is -1.14. The number of rotatable bonds is 8. The van der Waals surface area contributed by atoms with Gasteiger partial charge in [-0.3, -0.25) is 4.90 Å². The Morgan fingerprint density at radius 1 is 1.14 bits per heavy atom. The van der Waals surface area contributed by atoms with E-state index in [0.29, 0.717) is 6.61 Å². The minimum Gasteiger partial charge on any atom is -0.492 e. The highest BCUT2D eigenvalue weighted by molar-refractivity contribution is 5.33. The summed E-state index contributed by atoms with van der Waals surface area (Å²) in [5.74, 6) is 0.956. The number of likely N-dealkylation sites (tertiary alicyclic amines) is 1. The largest absolute Gasteiger partial charge is 0.492 e. The lowest BCUT2D eigenvalue weighted by molar-refractivity contribution is -0.00461. The van der Waals surface area contributed by atoms with Gasteiger partial charge in [-0.05, 0) is 13.1 Å². The third kappa shape index (κ3) is 4.41. The van der Waals surface area contributed by atoms with E-state index in [1.807, 2.05) is 25.2 Å². The molecule has 21 heavy (non-hydrogen) atoms. The summed E-state index contributed by atoms with van der Waals surface area (Å²) in [4.78, 5) is 2.32. The van der Waals surface area contributed by atoms with Crippen LogP contribution >= 0.6 is 0 Å². The van der Waals surface area contributed by atoms with Gasteiger partial charge in [-0.1, -0.05) is 18.2 Å². The molecule has 1 aromatic carbocycles. The van der Waals surface area contributed by atoms with Gasteiger partial charge in [0.2, 0.25) is 0 Å². The quantitative estimate of drug-likeness (QED) is 0.778. The second kappa shape index (κ2) is 8.34. The average molecular weight is 294 g/mol. The molecule has 0 radical (unpaired) electrons. The maximum Gasteiger partial charge on any atom is 0.123 e. The number of nitrogens with one attached hydrogen (secondary N) is 1. The Morgan fingerprint density at radius 2 is 1.81 bits per heavy atom. The van der Waals surface area contributed by atoms with E-state index >= 15 is 0 Å². The number of hydrogen-bond donors (Lipinski definition) is 1. The van der Waals surface area contributed by atoms with E-state index in [4.69, 9.17) is 14.2 Å². The predicted molar refractivity (Wildman–Crippen MR) is 82.7 cm³/mol. The second-order valence-electron chi connectivity index (χ2n) is 5.29. The summed E-state index contributed by atoms with van der Waals surface area (Å²) in [6.07, 6.45) is 0.318. The average Bonchev–Trinajstić information content (AvgIpc) is 2.91. The summed E-state index contributed by atoms with van der Waals surface area (Å²) in [6.45, 7) is 4.17. The zero-order valence-corrected chi connectivity index (χ0v) is 13.2.